The molecule has 0 bridgehead atoms. The van der Waals surface area contributed by atoms with Crippen molar-refractivity contribution in [2.45, 2.75) is 0 Å². The van der Waals surface area contributed by atoms with E-state index in [-0.39, 0.29) is 5.70 Å². The van der Waals surface area contributed by atoms with Gasteiger partial charge in [0.1, 0.15) is 5.01 Å². The Morgan fingerprint density at radius 3 is 2.65 bits per heavy atom. The Labute approximate surface area is 139 Å². The van der Waals surface area contributed by atoms with Crippen LogP contribution in [0.25, 0.3) is 10.6 Å². The minimum Gasteiger partial charge on any atom is -0.566 e. The molecule has 0 amide bonds. The molecule has 1 aromatic carbocycles. The van der Waals surface area contributed by atoms with Gasteiger partial charge in [0.15, 0.2) is 16.4 Å². The highest BCUT2D eigenvalue weighted by Gasteiger charge is 2.32. The van der Waals surface area contributed by atoms with Gasteiger partial charge in [-0.1, -0.05) is 41.7 Å². The smallest absolute Gasteiger partial charge is 0.359 e. The van der Waals surface area contributed by atoms with Crippen LogP contribution in [0, 0.1) is 0 Å². The predicted octanol–water partition coefficient (Wildman–Crippen LogP) is 1.58. The number of aromatic nitrogens is 2. The fraction of sp³-hybridized carbons (Fsp3) is 0.143. The second-order valence-electron chi connectivity index (χ2n) is 4.50. The van der Waals surface area contributed by atoms with Gasteiger partial charge in [0.25, 0.3) is 0 Å². The zero-order valence-corrected chi connectivity index (χ0v) is 13.9. The number of carbonyl (C=O) groups is 1. The Morgan fingerprint density at radius 1 is 1.26 bits per heavy atom. The van der Waals surface area contributed by atoms with E-state index in [1.165, 1.54) is 35.9 Å². The highest BCUT2D eigenvalue weighted by molar-refractivity contribution is 7.88. The van der Waals surface area contributed by atoms with Crippen LogP contribution < -0.4 is 0 Å². The number of hydrogen-bond donors (Lipinski definition) is 0. The summed E-state index contributed by atoms with van der Waals surface area (Å²) in [6, 6.07) is 9.59. The summed E-state index contributed by atoms with van der Waals surface area (Å²) in [7, 11) is 2.78. The number of methoxy groups -OCH3 is 1. The highest BCUT2D eigenvalue weighted by atomic mass is 32.2. The molecule has 0 spiro atoms. The molecule has 0 radical (unpaired) electrons. The number of carbonyl (C=O) groups excluding carboxylic acids is 1. The van der Waals surface area contributed by atoms with Crippen LogP contribution in [0.4, 0.5) is 0 Å². The molecule has 0 fully saturated rings. The molecule has 9 heteroatoms. The van der Waals surface area contributed by atoms with Gasteiger partial charge in [-0.15, -0.1) is 10.2 Å². The third-order valence-corrected chi connectivity index (χ3v) is 5.10. The number of ether oxygens (including phenoxy) is 1. The summed E-state index contributed by atoms with van der Waals surface area (Å²) in [5, 5.41) is 9.42. The molecule has 0 saturated heterocycles. The highest BCUT2D eigenvalue weighted by Crippen LogP contribution is 2.26. The maximum absolute atomic E-state index is 12.0. The van der Waals surface area contributed by atoms with E-state index in [4.69, 9.17) is 4.74 Å². The van der Waals surface area contributed by atoms with Crippen molar-refractivity contribution in [1.29, 1.82) is 0 Å². The van der Waals surface area contributed by atoms with Crippen molar-refractivity contribution in [1.82, 2.24) is 14.5 Å². The van der Waals surface area contributed by atoms with Crippen molar-refractivity contribution < 1.29 is 14.1 Å². The van der Waals surface area contributed by atoms with Crippen LogP contribution in [0.3, 0.4) is 0 Å². The molecule has 0 N–H and O–H groups in total. The molecule has 23 heavy (non-hydrogen) atoms. The molecule has 2 aromatic rings. The summed E-state index contributed by atoms with van der Waals surface area (Å²) >= 11 is -0.397. The van der Waals surface area contributed by atoms with Crippen LogP contribution in [0.2, 0.25) is 0 Å². The molecule has 1 aliphatic rings. The monoisotopic (exact) mass is 348 g/mol. The number of benzene rings is 1. The summed E-state index contributed by atoms with van der Waals surface area (Å²) in [4.78, 5) is 11.8. The fourth-order valence-corrected chi connectivity index (χ4v) is 3.49. The lowest BCUT2D eigenvalue weighted by Crippen LogP contribution is -2.33. The van der Waals surface area contributed by atoms with E-state index >= 15 is 0 Å². The van der Waals surface area contributed by atoms with Gasteiger partial charge in [-0.3, -0.25) is 0 Å². The van der Waals surface area contributed by atoms with Crippen molar-refractivity contribution in [3.63, 3.8) is 0 Å². The van der Waals surface area contributed by atoms with Crippen LogP contribution in [-0.2, 0) is 21.1 Å². The van der Waals surface area contributed by atoms with Gasteiger partial charge >= 0.3 is 5.97 Å². The van der Waals surface area contributed by atoms with Crippen molar-refractivity contribution >= 4 is 34.6 Å². The molecule has 3 rings (SSSR count). The summed E-state index contributed by atoms with van der Waals surface area (Å²) < 4.78 is 22.0. The third-order valence-electron chi connectivity index (χ3n) is 3.08. The molecule has 7 nitrogen and oxygen atoms in total. The van der Waals surface area contributed by atoms with E-state index in [1.54, 1.807) is 0 Å². The lowest BCUT2D eigenvalue weighted by atomic mass is 10.2. The molecule has 1 aliphatic heterocycles. The summed E-state index contributed by atoms with van der Waals surface area (Å²) in [6.45, 7) is 0. The molecule has 0 saturated carbocycles. The van der Waals surface area contributed by atoms with Gasteiger partial charge in [0.05, 0.1) is 14.2 Å². The minimum absolute atomic E-state index is 0.160. The number of hydrogen-bond acceptors (Lipinski definition) is 8. The summed E-state index contributed by atoms with van der Waals surface area (Å²) in [5.41, 5.74) is 1.44. The molecular weight excluding hydrogens is 336 g/mol. The number of likely N-dealkylation sites (N-methyl/N-ethyl adjacent to an activating group) is 1. The molecule has 1 aromatic heterocycles. The Balaban J connectivity index is 1.95. The van der Waals surface area contributed by atoms with Gasteiger partial charge in [0.2, 0.25) is 11.5 Å². The van der Waals surface area contributed by atoms with Crippen LogP contribution >= 0.6 is 11.3 Å². The molecule has 0 aliphatic carbocycles. The van der Waals surface area contributed by atoms with E-state index < -0.39 is 17.5 Å². The topological polar surface area (TPSA) is 90.7 Å². The second-order valence-corrected chi connectivity index (χ2v) is 6.67. The Kier molecular flexibility index (Phi) is 4.42. The molecule has 1 atom stereocenters. The van der Waals surface area contributed by atoms with Gasteiger partial charge in [-0.25, -0.2) is 4.79 Å². The van der Waals surface area contributed by atoms with E-state index in [9.17, 15) is 9.35 Å². The van der Waals surface area contributed by atoms with E-state index in [2.05, 4.69) is 14.6 Å². The van der Waals surface area contributed by atoms with Crippen molar-refractivity contribution in [3.8, 4) is 10.6 Å². The maximum atomic E-state index is 12.0. The van der Waals surface area contributed by atoms with E-state index in [1.807, 2.05) is 30.3 Å². The van der Waals surface area contributed by atoms with Crippen LogP contribution in [0.5, 0.6) is 0 Å². The van der Waals surface area contributed by atoms with Gasteiger partial charge in [-0.05, 0) is 4.40 Å². The summed E-state index contributed by atoms with van der Waals surface area (Å²) in [6.07, 6.45) is 1.50. The van der Waals surface area contributed by atoms with E-state index in [0.29, 0.717) is 10.7 Å². The van der Waals surface area contributed by atoms with Gasteiger partial charge in [-0.2, -0.15) is 4.31 Å². The maximum Gasteiger partial charge on any atom is 0.359 e. The number of rotatable bonds is 3. The van der Waals surface area contributed by atoms with Crippen LogP contribution in [-0.4, -0.2) is 44.9 Å². The average molecular weight is 348 g/mol. The number of nitrogens with zero attached hydrogens (tertiary/aromatic N) is 4. The molecular formula is C14H12N4O3S2. The van der Waals surface area contributed by atoms with Gasteiger partial charge < -0.3 is 9.29 Å². The number of esters is 1. The Hall–Kier alpha value is -2.23. The number of allylic oxidation sites excluding steroid dienone is 1. The molecule has 118 valence electrons. The van der Waals surface area contributed by atoms with Crippen molar-refractivity contribution in [3.05, 3.63) is 47.1 Å². The molecule has 1 unspecified atom stereocenters. The van der Waals surface area contributed by atoms with Crippen LogP contribution in [0.15, 0.2) is 46.5 Å². The standard InChI is InChI=1S/C14H12N4O3S2/c1-18-11(14(19)21-2)8-10(17-23(18)20)13-16-15-12(22-13)9-6-4-3-5-7-9/h3-8H,1-2H3. The first kappa shape index (κ1) is 15.7. The second kappa shape index (κ2) is 6.49. The first-order chi connectivity index (χ1) is 11.1. The lowest BCUT2D eigenvalue weighted by Gasteiger charge is -2.21. The zero-order chi connectivity index (χ0) is 16.4. The van der Waals surface area contributed by atoms with Crippen molar-refractivity contribution in [2.75, 3.05) is 14.2 Å². The Bertz CT molecular complexity index is 788. The third kappa shape index (κ3) is 3.11. The Morgan fingerprint density at radius 2 is 1.96 bits per heavy atom. The normalized spacial score (nSPS) is 17.5. The zero-order valence-electron chi connectivity index (χ0n) is 12.3. The SMILES string of the molecule is COC(=O)C1=CC(c2nnc(-c3ccccc3)s2)=N[S+]([O-])N1C. The first-order valence-corrected chi connectivity index (χ1v) is 8.42. The lowest BCUT2D eigenvalue weighted by molar-refractivity contribution is -0.137. The fourth-order valence-electron chi connectivity index (χ4n) is 1.89. The van der Waals surface area contributed by atoms with Gasteiger partial charge in [0, 0.05) is 11.6 Å². The minimum atomic E-state index is -1.71. The quantitative estimate of drug-likeness (QED) is 0.618. The predicted molar refractivity (Wildman–Crippen MR) is 87.9 cm³/mol. The van der Waals surface area contributed by atoms with Crippen molar-refractivity contribution in [2.24, 2.45) is 4.40 Å². The molecule has 2 heterocycles. The van der Waals surface area contributed by atoms with Crippen LogP contribution in [0.1, 0.15) is 5.01 Å². The first-order valence-electron chi connectivity index (χ1n) is 6.54. The summed E-state index contributed by atoms with van der Waals surface area (Å²) in [5.74, 6) is -0.582. The van der Waals surface area contributed by atoms with E-state index in [0.717, 1.165) is 10.6 Å². The largest absolute Gasteiger partial charge is 0.566 e. The average Bonchev–Trinajstić information content (AvgIpc) is 3.07.